The molecule has 0 aliphatic rings. The van der Waals surface area contributed by atoms with Crippen LogP contribution >= 0.6 is 0 Å². The molecule has 1 aromatic heterocycles. The van der Waals surface area contributed by atoms with E-state index in [0.717, 1.165) is 0 Å². The summed E-state index contributed by atoms with van der Waals surface area (Å²) in [5.74, 6) is -1.09. The van der Waals surface area contributed by atoms with E-state index in [1.807, 2.05) is 0 Å². The van der Waals surface area contributed by atoms with E-state index < -0.39 is 21.8 Å². The molecule has 0 atom stereocenters. The predicted molar refractivity (Wildman–Crippen MR) is 91.0 cm³/mol. The summed E-state index contributed by atoms with van der Waals surface area (Å²) < 4.78 is 46.0. The molecule has 0 aliphatic carbocycles. The van der Waals surface area contributed by atoms with Gasteiger partial charge in [0.2, 0.25) is 10.0 Å². The molecule has 2 rings (SSSR count). The highest BCUT2D eigenvalue weighted by molar-refractivity contribution is 7.89. The average molecular weight is 368 g/mol. The van der Waals surface area contributed by atoms with Crippen molar-refractivity contribution in [3.8, 4) is 0 Å². The fourth-order valence-electron chi connectivity index (χ4n) is 2.44. The van der Waals surface area contributed by atoms with Gasteiger partial charge in [0.15, 0.2) is 0 Å². The van der Waals surface area contributed by atoms with Crippen LogP contribution in [-0.2, 0) is 28.4 Å². The number of carbonyl (C=O) groups excluding carboxylic acids is 1. The van der Waals surface area contributed by atoms with Gasteiger partial charge < -0.3 is 9.30 Å². The molecule has 0 fully saturated rings. The van der Waals surface area contributed by atoms with Gasteiger partial charge in [-0.3, -0.25) is 0 Å². The summed E-state index contributed by atoms with van der Waals surface area (Å²) in [6.07, 6.45) is 1.38. The highest BCUT2D eigenvalue weighted by Crippen LogP contribution is 2.19. The molecule has 0 saturated carbocycles. The zero-order chi connectivity index (χ0) is 18.6. The molecule has 0 saturated heterocycles. The van der Waals surface area contributed by atoms with E-state index >= 15 is 0 Å². The Balaban J connectivity index is 2.17. The summed E-state index contributed by atoms with van der Waals surface area (Å²) >= 11 is 0. The van der Waals surface area contributed by atoms with E-state index in [0.29, 0.717) is 18.7 Å². The molecule has 0 spiro atoms. The van der Waals surface area contributed by atoms with E-state index in [1.165, 1.54) is 39.3 Å². The lowest BCUT2D eigenvalue weighted by molar-refractivity contribution is 0.0461. The molecular weight excluding hydrogens is 347 g/mol. The fraction of sp³-hybridized carbons (Fsp3) is 0.353. The molecule has 0 N–H and O–H groups in total. The number of esters is 1. The van der Waals surface area contributed by atoms with Crippen molar-refractivity contribution >= 4 is 16.0 Å². The number of aryl methyl sites for hydroxylation is 1. The van der Waals surface area contributed by atoms with Crippen molar-refractivity contribution in [3.05, 3.63) is 53.6 Å². The van der Waals surface area contributed by atoms with Crippen LogP contribution in [0.3, 0.4) is 0 Å². The van der Waals surface area contributed by atoms with Crippen LogP contribution in [0.2, 0.25) is 0 Å². The molecule has 8 heteroatoms. The molecule has 0 amide bonds. The lowest BCUT2D eigenvalue weighted by Gasteiger charge is -2.17. The van der Waals surface area contributed by atoms with Gasteiger partial charge in [-0.2, -0.15) is 4.31 Å². The standard InChI is InChI=1S/C17H21FN2O4S/c1-4-20(5-2)25(22,23)15-10-16(19(3)11-15)17(21)24-12-13-7-6-8-14(18)9-13/h6-11H,4-5,12H2,1-3H3. The fourth-order valence-corrected chi connectivity index (χ4v) is 3.97. The average Bonchev–Trinajstić information content (AvgIpc) is 2.96. The Kier molecular flexibility index (Phi) is 5.97. The Labute approximate surface area is 146 Å². The van der Waals surface area contributed by atoms with Gasteiger partial charge in [-0.1, -0.05) is 26.0 Å². The Hall–Kier alpha value is -2.19. The number of sulfonamides is 1. The maximum atomic E-state index is 13.1. The molecule has 0 bridgehead atoms. The van der Waals surface area contributed by atoms with E-state index in [-0.39, 0.29) is 17.2 Å². The molecule has 0 radical (unpaired) electrons. The first-order valence-corrected chi connectivity index (χ1v) is 9.31. The van der Waals surface area contributed by atoms with Crippen LogP contribution in [0, 0.1) is 5.82 Å². The van der Waals surface area contributed by atoms with Crippen LogP contribution in [0.25, 0.3) is 0 Å². The minimum atomic E-state index is -3.65. The second kappa shape index (κ2) is 7.79. The van der Waals surface area contributed by atoms with Crippen LogP contribution < -0.4 is 0 Å². The van der Waals surface area contributed by atoms with Gasteiger partial charge in [-0.05, 0) is 23.8 Å². The van der Waals surface area contributed by atoms with Gasteiger partial charge in [0.25, 0.3) is 0 Å². The van der Waals surface area contributed by atoms with Crippen molar-refractivity contribution in [2.45, 2.75) is 25.3 Å². The first-order valence-electron chi connectivity index (χ1n) is 7.87. The number of ether oxygens (including phenoxy) is 1. The first-order chi connectivity index (χ1) is 11.8. The zero-order valence-electron chi connectivity index (χ0n) is 14.4. The van der Waals surface area contributed by atoms with Gasteiger partial charge in [0.1, 0.15) is 23.0 Å². The third-order valence-corrected chi connectivity index (χ3v) is 5.81. The van der Waals surface area contributed by atoms with Gasteiger partial charge in [0.05, 0.1) is 0 Å². The Morgan fingerprint density at radius 1 is 1.24 bits per heavy atom. The highest BCUT2D eigenvalue weighted by atomic mass is 32.2. The predicted octanol–water partition coefficient (Wildman–Crippen LogP) is 2.55. The van der Waals surface area contributed by atoms with Gasteiger partial charge in [-0.25, -0.2) is 17.6 Å². The van der Waals surface area contributed by atoms with Crippen LogP contribution in [0.4, 0.5) is 4.39 Å². The SMILES string of the molecule is CCN(CC)S(=O)(=O)c1cc(C(=O)OCc2cccc(F)c2)n(C)c1. The summed E-state index contributed by atoms with van der Waals surface area (Å²) in [5, 5.41) is 0. The summed E-state index contributed by atoms with van der Waals surface area (Å²) in [4.78, 5) is 12.3. The van der Waals surface area contributed by atoms with Crippen molar-refractivity contribution in [2.24, 2.45) is 7.05 Å². The lowest BCUT2D eigenvalue weighted by Crippen LogP contribution is -2.30. The third-order valence-electron chi connectivity index (χ3n) is 3.79. The molecule has 136 valence electrons. The zero-order valence-corrected chi connectivity index (χ0v) is 15.2. The summed E-state index contributed by atoms with van der Waals surface area (Å²) in [7, 11) is -2.08. The maximum absolute atomic E-state index is 13.1. The number of rotatable bonds is 7. The van der Waals surface area contributed by atoms with Crippen LogP contribution in [0.15, 0.2) is 41.4 Å². The Bertz CT molecular complexity index is 857. The molecule has 2 aromatic rings. The number of hydrogen-bond donors (Lipinski definition) is 0. The van der Waals surface area contributed by atoms with Gasteiger partial charge >= 0.3 is 5.97 Å². The summed E-state index contributed by atoms with van der Waals surface area (Å²) in [5.41, 5.74) is 0.626. The summed E-state index contributed by atoms with van der Waals surface area (Å²) in [6.45, 7) is 4.08. The topological polar surface area (TPSA) is 68.6 Å². The Morgan fingerprint density at radius 2 is 1.92 bits per heavy atom. The second-order valence-corrected chi connectivity index (χ2v) is 7.41. The lowest BCUT2D eigenvalue weighted by atomic mass is 10.2. The van der Waals surface area contributed by atoms with Crippen LogP contribution in [0.5, 0.6) is 0 Å². The minimum absolute atomic E-state index is 0.0383. The van der Waals surface area contributed by atoms with Crippen molar-refractivity contribution < 1.29 is 22.3 Å². The first kappa shape index (κ1) is 19.1. The number of halogens is 1. The number of aromatic nitrogens is 1. The molecule has 6 nitrogen and oxygen atoms in total. The number of benzene rings is 1. The van der Waals surface area contributed by atoms with Crippen molar-refractivity contribution in [2.75, 3.05) is 13.1 Å². The van der Waals surface area contributed by atoms with Crippen LogP contribution in [-0.4, -0.2) is 36.3 Å². The molecule has 0 unspecified atom stereocenters. The molecular formula is C17H21FN2O4S. The highest BCUT2D eigenvalue weighted by Gasteiger charge is 2.25. The van der Waals surface area contributed by atoms with Crippen LogP contribution in [0.1, 0.15) is 29.9 Å². The normalized spacial score (nSPS) is 11.7. The van der Waals surface area contributed by atoms with Crippen molar-refractivity contribution in [1.29, 1.82) is 0 Å². The Morgan fingerprint density at radius 3 is 2.52 bits per heavy atom. The molecule has 25 heavy (non-hydrogen) atoms. The minimum Gasteiger partial charge on any atom is -0.456 e. The van der Waals surface area contributed by atoms with Gasteiger partial charge in [-0.15, -0.1) is 0 Å². The smallest absolute Gasteiger partial charge is 0.355 e. The number of carbonyl (C=O) groups is 1. The molecule has 1 heterocycles. The van der Waals surface area contributed by atoms with E-state index in [4.69, 9.17) is 4.74 Å². The van der Waals surface area contributed by atoms with Gasteiger partial charge in [0, 0.05) is 26.3 Å². The third kappa shape index (κ3) is 4.26. The molecule has 1 aromatic carbocycles. The molecule has 0 aliphatic heterocycles. The van der Waals surface area contributed by atoms with E-state index in [9.17, 15) is 17.6 Å². The monoisotopic (exact) mass is 368 g/mol. The number of hydrogen-bond acceptors (Lipinski definition) is 4. The summed E-state index contributed by atoms with van der Waals surface area (Å²) in [6, 6.07) is 7.02. The largest absolute Gasteiger partial charge is 0.456 e. The number of nitrogens with zero attached hydrogens (tertiary/aromatic N) is 2. The van der Waals surface area contributed by atoms with E-state index in [2.05, 4.69) is 0 Å². The quantitative estimate of drug-likeness (QED) is 0.705. The maximum Gasteiger partial charge on any atom is 0.355 e. The second-order valence-electron chi connectivity index (χ2n) is 5.47. The van der Waals surface area contributed by atoms with Crippen molar-refractivity contribution in [1.82, 2.24) is 8.87 Å². The van der Waals surface area contributed by atoms with Crippen molar-refractivity contribution in [3.63, 3.8) is 0 Å². The van der Waals surface area contributed by atoms with E-state index in [1.54, 1.807) is 27.0 Å².